The zero-order valence-electron chi connectivity index (χ0n) is 14.4. The zero-order chi connectivity index (χ0) is 18.6. The third kappa shape index (κ3) is 3.64. The van der Waals surface area contributed by atoms with Gasteiger partial charge < -0.3 is 13.7 Å². The van der Waals surface area contributed by atoms with Crippen molar-refractivity contribution < 1.29 is 13.6 Å². The lowest BCUT2D eigenvalue weighted by Crippen LogP contribution is -2.31. The number of fused-ring (bicyclic) bond motifs is 1. The number of carbonyl (C=O) groups is 1. The van der Waals surface area contributed by atoms with Gasteiger partial charge >= 0.3 is 0 Å². The van der Waals surface area contributed by atoms with Crippen molar-refractivity contribution in [1.82, 2.24) is 9.88 Å². The van der Waals surface area contributed by atoms with Crippen LogP contribution in [0.4, 0.5) is 0 Å². The molecule has 0 unspecified atom stereocenters. The van der Waals surface area contributed by atoms with E-state index in [1.807, 2.05) is 18.2 Å². The molecular formula is C21H16N2O4. The van der Waals surface area contributed by atoms with E-state index in [4.69, 9.17) is 8.83 Å². The van der Waals surface area contributed by atoms with Gasteiger partial charge in [-0.1, -0.05) is 18.2 Å². The highest BCUT2D eigenvalue weighted by Crippen LogP contribution is 2.17. The molecule has 0 radical (unpaired) electrons. The first-order chi connectivity index (χ1) is 13.2. The Morgan fingerprint density at radius 1 is 1.00 bits per heavy atom. The second kappa shape index (κ2) is 7.29. The summed E-state index contributed by atoms with van der Waals surface area (Å²) in [5.41, 5.74) is 0.848. The van der Waals surface area contributed by atoms with E-state index in [2.05, 4.69) is 4.98 Å². The highest BCUT2D eigenvalue weighted by atomic mass is 16.3. The smallest absolute Gasteiger partial charge is 0.290 e. The predicted octanol–water partition coefficient (Wildman–Crippen LogP) is 3.62. The molecule has 0 aliphatic heterocycles. The normalized spacial score (nSPS) is 10.8. The van der Waals surface area contributed by atoms with Crippen LogP contribution < -0.4 is 5.43 Å². The first kappa shape index (κ1) is 16.8. The highest BCUT2D eigenvalue weighted by Gasteiger charge is 2.21. The van der Waals surface area contributed by atoms with Crippen molar-refractivity contribution in [2.24, 2.45) is 0 Å². The van der Waals surface area contributed by atoms with Crippen molar-refractivity contribution >= 4 is 16.9 Å². The average molecular weight is 360 g/mol. The van der Waals surface area contributed by atoms with Crippen LogP contribution in [-0.2, 0) is 13.1 Å². The lowest BCUT2D eigenvalue weighted by Gasteiger charge is -2.20. The van der Waals surface area contributed by atoms with Gasteiger partial charge in [0, 0.05) is 12.3 Å². The quantitative estimate of drug-likeness (QED) is 0.543. The Hall–Kier alpha value is -3.67. The van der Waals surface area contributed by atoms with Crippen LogP contribution >= 0.6 is 0 Å². The van der Waals surface area contributed by atoms with Gasteiger partial charge in [0.15, 0.2) is 11.2 Å². The molecule has 0 spiro atoms. The Morgan fingerprint density at radius 3 is 2.63 bits per heavy atom. The van der Waals surface area contributed by atoms with Crippen LogP contribution in [0.15, 0.2) is 86.8 Å². The number of furan rings is 1. The molecule has 3 aromatic heterocycles. The first-order valence-corrected chi connectivity index (χ1v) is 8.45. The van der Waals surface area contributed by atoms with Gasteiger partial charge in [-0.3, -0.25) is 14.6 Å². The van der Waals surface area contributed by atoms with Crippen molar-refractivity contribution in [3.8, 4) is 0 Å². The minimum absolute atomic E-state index is 0.0128. The second-order valence-corrected chi connectivity index (χ2v) is 6.03. The van der Waals surface area contributed by atoms with Gasteiger partial charge in [0.1, 0.15) is 11.3 Å². The Kier molecular flexibility index (Phi) is 4.53. The van der Waals surface area contributed by atoms with Crippen molar-refractivity contribution in [3.05, 3.63) is 101 Å². The molecular weight excluding hydrogens is 344 g/mol. The van der Waals surface area contributed by atoms with Crippen molar-refractivity contribution in [3.63, 3.8) is 0 Å². The summed E-state index contributed by atoms with van der Waals surface area (Å²) in [5.74, 6) is 0.212. The number of carbonyl (C=O) groups excluding carboxylic acids is 1. The highest BCUT2D eigenvalue weighted by molar-refractivity contribution is 5.93. The van der Waals surface area contributed by atoms with E-state index in [1.165, 1.54) is 11.0 Å². The van der Waals surface area contributed by atoms with Gasteiger partial charge in [0.05, 0.1) is 30.4 Å². The molecule has 4 rings (SSSR count). The third-order valence-corrected chi connectivity index (χ3v) is 4.14. The summed E-state index contributed by atoms with van der Waals surface area (Å²) >= 11 is 0. The minimum Gasteiger partial charge on any atom is -0.467 e. The predicted molar refractivity (Wildman–Crippen MR) is 99.0 cm³/mol. The number of hydrogen-bond donors (Lipinski definition) is 0. The van der Waals surface area contributed by atoms with E-state index in [-0.39, 0.29) is 24.3 Å². The summed E-state index contributed by atoms with van der Waals surface area (Å²) in [6.45, 7) is 0.496. The lowest BCUT2D eigenvalue weighted by atomic mass is 10.2. The standard InChI is InChI=1S/C21H16N2O4/c24-18-12-20(27-19-9-2-1-8-17(18)19)21(25)23(14-16-7-5-11-26-16)13-15-6-3-4-10-22-15/h1-12H,13-14H2. The maximum Gasteiger partial charge on any atom is 0.290 e. The monoisotopic (exact) mass is 360 g/mol. The van der Waals surface area contributed by atoms with E-state index >= 15 is 0 Å². The molecule has 27 heavy (non-hydrogen) atoms. The van der Waals surface area contributed by atoms with Gasteiger partial charge in [0.2, 0.25) is 0 Å². The Morgan fingerprint density at radius 2 is 1.85 bits per heavy atom. The van der Waals surface area contributed by atoms with Crippen LogP contribution in [0, 0.1) is 0 Å². The molecule has 0 bridgehead atoms. The number of benzene rings is 1. The molecule has 6 heteroatoms. The second-order valence-electron chi connectivity index (χ2n) is 6.03. The van der Waals surface area contributed by atoms with Gasteiger partial charge in [-0.25, -0.2) is 0 Å². The van der Waals surface area contributed by atoms with E-state index in [1.54, 1.807) is 48.9 Å². The summed E-state index contributed by atoms with van der Waals surface area (Å²) in [5, 5.41) is 0.441. The summed E-state index contributed by atoms with van der Waals surface area (Å²) < 4.78 is 11.1. The molecule has 0 fully saturated rings. The maximum atomic E-state index is 13.1. The SMILES string of the molecule is O=C(c1cc(=O)c2ccccc2o1)N(Cc1ccccn1)Cc1ccco1. The van der Waals surface area contributed by atoms with Crippen LogP contribution in [0.1, 0.15) is 22.0 Å². The van der Waals surface area contributed by atoms with Gasteiger partial charge in [-0.15, -0.1) is 0 Å². The van der Waals surface area contributed by atoms with Crippen molar-refractivity contribution in [1.29, 1.82) is 0 Å². The summed E-state index contributed by atoms with van der Waals surface area (Å²) in [6.07, 6.45) is 3.22. The number of hydrogen-bond acceptors (Lipinski definition) is 5. The largest absolute Gasteiger partial charge is 0.467 e. The van der Waals surface area contributed by atoms with Crippen molar-refractivity contribution in [2.45, 2.75) is 13.1 Å². The van der Waals surface area contributed by atoms with Crippen LogP contribution in [0.5, 0.6) is 0 Å². The first-order valence-electron chi connectivity index (χ1n) is 8.45. The minimum atomic E-state index is -0.403. The molecule has 1 amide bonds. The molecule has 0 atom stereocenters. The fourth-order valence-electron chi connectivity index (χ4n) is 2.84. The van der Waals surface area contributed by atoms with Crippen molar-refractivity contribution in [2.75, 3.05) is 0 Å². The number of nitrogens with zero attached hydrogens (tertiary/aromatic N) is 2. The number of aromatic nitrogens is 1. The van der Waals surface area contributed by atoms with E-state index in [0.717, 1.165) is 5.69 Å². The molecule has 3 heterocycles. The van der Waals surface area contributed by atoms with Gasteiger partial charge in [0.25, 0.3) is 5.91 Å². The number of pyridine rings is 1. The Balaban J connectivity index is 1.70. The molecule has 0 aliphatic carbocycles. The summed E-state index contributed by atoms with van der Waals surface area (Å²) in [7, 11) is 0. The molecule has 4 aromatic rings. The number of para-hydroxylation sites is 1. The molecule has 0 saturated carbocycles. The van der Waals surface area contributed by atoms with E-state index in [0.29, 0.717) is 16.7 Å². The fraction of sp³-hybridized carbons (Fsp3) is 0.0952. The molecule has 134 valence electrons. The van der Waals surface area contributed by atoms with E-state index < -0.39 is 5.91 Å². The fourth-order valence-corrected chi connectivity index (χ4v) is 2.84. The number of amides is 1. The maximum absolute atomic E-state index is 13.1. The van der Waals surface area contributed by atoms with Gasteiger partial charge in [-0.05, 0) is 36.4 Å². The van der Waals surface area contributed by atoms with Crippen LogP contribution in [-0.4, -0.2) is 15.8 Å². The summed E-state index contributed by atoms with van der Waals surface area (Å²) in [6, 6.07) is 17.1. The molecule has 6 nitrogen and oxygen atoms in total. The van der Waals surface area contributed by atoms with Crippen LogP contribution in [0.2, 0.25) is 0 Å². The topological polar surface area (TPSA) is 76.6 Å². The lowest BCUT2D eigenvalue weighted by molar-refractivity contribution is 0.0683. The Labute approximate surface area is 154 Å². The van der Waals surface area contributed by atoms with Crippen LogP contribution in [0.3, 0.4) is 0 Å². The number of rotatable bonds is 5. The van der Waals surface area contributed by atoms with E-state index in [9.17, 15) is 9.59 Å². The van der Waals surface area contributed by atoms with Crippen LogP contribution in [0.25, 0.3) is 11.0 Å². The molecule has 0 saturated heterocycles. The average Bonchev–Trinajstić information content (AvgIpc) is 3.21. The molecule has 1 aromatic carbocycles. The molecule has 0 aliphatic rings. The van der Waals surface area contributed by atoms with Gasteiger partial charge in [-0.2, -0.15) is 0 Å². The Bertz CT molecular complexity index is 1120. The molecule has 0 N–H and O–H groups in total. The zero-order valence-corrected chi connectivity index (χ0v) is 14.4. The third-order valence-electron chi connectivity index (χ3n) is 4.14. The summed E-state index contributed by atoms with van der Waals surface area (Å²) in [4.78, 5) is 31.2.